The quantitative estimate of drug-likeness (QED) is 0.705. The Labute approximate surface area is 98.7 Å². The van der Waals surface area contributed by atoms with Crippen LogP contribution in [0.5, 0.6) is 5.75 Å². The van der Waals surface area contributed by atoms with Gasteiger partial charge in [-0.15, -0.1) is 0 Å². The molecule has 16 heavy (non-hydrogen) atoms. The first-order chi connectivity index (χ1) is 7.54. The summed E-state index contributed by atoms with van der Waals surface area (Å²) in [5.74, 6) is 0.103. The van der Waals surface area contributed by atoms with Crippen LogP contribution in [0.3, 0.4) is 0 Å². The van der Waals surface area contributed by atoms with Crippen LogP contribution in [0.25, 0.3) is 0 Å². The van der Waals surface area contributed by atoms with Gasteiger partial charge in [-0.05, 0) is 12.1 Å². The molecule has 5 nitrogen and oxygen atoms in total. The van der Waals surface area contributed by atoms with Gasteiger partial charge in [0.05, 0.1) is 17.8 Å². The third kappa shape index (κ3) is 3.29. The number of halogens is 1. The molecular formula is C10H14ClN3O2. The van der Waals surface area contributed by atoms with E-state index in [9.17, 15) is 4.79 Å². The molecule has 0 radical (unpaired) electrons. The van der Waals surface area contributed by atoms with Crippen molar-refractivity contribution in [1.82, 2.24) is 0 Å². The van der Waals surface area contributed by atoms with Crippen LogP contribution in [0, 0.1) is 0 Å². The highest BCUT2D eigenvalue weighted by molar-refractivity contribution is 6.33. The Morgan fingerprint density at radius 1 is 1.62 bits per heavy atom. The Morgan fingerprint density at radius 2 is 2.31 bits per heavy atom. The molecule has 5 N–H and O–H groups in total. The third-order valence-corrected chi connectivity index (χ3v) is 2.38. The van der Waals surface area contributed by atoms with Crippen LogP contribution in [0.4, 0.5) is 5.69 Å². The predicted octanol–water partition coefficient (Wildman–Crippen LogP) is 0.573. The van der Waals surface area contributed by atoms with Crippen molar-refractivity contribution < 1.29 is 9.53 Å². The number of methoxy groups -OCH3 is 1. The number of benzene rings is 1. The van der Waals surface area contributed by atoms with Crippen molar-refractivity contribution in [3.05, 3.63) is 23.2 Å². The molecule has 1 atom stereocenters. The molecule has 0 fully saturated rings. The van der Waals surface area contributed by atoms with Gasteiger partial charge in [0.25, 0.3) is 0 Å². The van der Waals surface area contributed by atoms with E-state index in [0.29, 0.717) is 16.5 Å². The van der Waals surface area contributed by atoms with E-state index in [1.807, 2.05) is 0 Å². The summed E-state index contributed by atoms with van der Waals surface area (Å²) in [5.41, 5.74) is 11.2. The molecule has 0 aromatic heterocycles. The number of rotatable bonds is 5. The Morgan fingerprint density at radius 3 is 2.88 bits per heavy atom. The Bertz CT molecular complexity index is 384. The van der Waals surface area contributed by atoms with Crippen molar-refractivity contribution >= 4 is 23.2 Å². The van der Waals surface area contributed by atoms with Gasteiger partial charge in [0.2, 0.25) is 5.91 Å². The van der Waals surface area contributed by atoms with E-state index in [1.165, 1.54) is 0 Å². The van der Waals surface area contributed by atoms with Gasteiger partial charge < -0.3 is 21.5 Å². The first kappa shape index (κ1) is 12.6. The summed E-state index contributed by atoms with van der Waals surface area (Å²) in [6.07, 6.45) is 0. The third-order valence-electron chi connectivity index (χ3n) is 2.05. The summed E-state index contributed by atoms with van der Waals surface area (Å²) >= 11 is 5.94. The second kappa shape index (κ2) is 5.58. The van der Waals surface area contributed by atoms with Crippen LogP contribution in [-0.4, -0.2) is 25.6 Å². The minimum Gasteiger partial charge on any atom is -0.497 e. The fourth-order valence-corrected chi connectivity index (χ4v) is 1.27. The average molecular weight is 244 g/mol. The zero-order valence-electron chi connectivity index (χ0n) is 8.87. The second-order valence-corrected chi connectivity index (χ2v) is 3.64. The summed E-state index contributed by atoms with van der Waals surface area (Å²) in [7, 11) is 1.56. The minimum absolute atomic E-state index is 0.224. The number of ether oxygens (including phenoxy) is 1. The van der Waals surface area contributed by atoms with Crippen molar-refractivity contribution in [2.75, 3.05) is 19.0 Å². The van der Waals surface area contributed by atoms with Crippen LogP contribution in [0.2, 0.25) is 5.02 Å². The molecule has 0 saturated carbocycles. The second-order valence-electron chi connectivity index (χ2n) is 3.24. The summed E-state index contributed by atoms with van der Waals surface area (Å²) < 4.78 is 5.04. The lowest BCUT2D eigenvalue weighted by atomic mass is 10.2. The van der Waals surface area contributed by atoms with Crippen molar-refractivity contribution in [3.63, 3.8) is 0 Å². The Balaban J connectivity index is 2.69. The first-order valence-electron chi connectivity index (χ1n) is 4.67. The smallest absolute Gasteiger partial charge is 0.236 e. The van der Waals surface area contributed by atoms with Crippen LogP contribution >= 0.6 is 11.6 Å². The molecule has 0 aliphatic carbocycles. The molecule has 6 heteroatoms. The van der Waals surface area contributed by atoms with Crippen LogP contribution in [-0.2, 0) is 4.79 Å². The standard InChI is InChI=1S/C10H14ClN3O2/c1-16-6-2-3-7(11)9(4-6)14-5-8(12)10(13)15/h2-4,8,14H,5,12H2,1H3,(H2,13,15). The molecule has 1 amide bonds. The number of anilines is 1. The Hall–Kier alpha value is -1.46. The highest BCUT2D eigenvalue weighted by Crippen LogP contribution is 2.26. The summed E-state index contributed by atoms with van der Waals surface area (Å²) in [6.45, 7) is 0.224. The molecule has 1 aromatic carbocycles. The number of nitrogens with one attached hydrogen (secondary N) is 1. The van der Waals surface area contributed by atoms with Gasteiger partial charge in [-0.1, -0.05) is 11.6 Å². The summed E-state index contributed by atoms with van der Waals surface area (Å²) in [5, 5.41) is 3.46. The fourth-order valence-electron chi connectivity index (χ4n) is 1.09. The average Bonchev–Trinajstić information content (AvgIpc) is 2.27. The molecule has 0 spiro atoms. The highest BCUT2D eigenvalue weighted by Gasteiger charge is 2.09. The molecule has 0 heterocycles. The maximum Gasteiger partial charge on any atom is 0.236 e. The van der Waals surface area contributed by atoms with Crippen LogP contribution in [0.15, 0.2) is 18.2 Å². The molecule has 0 saturated heterocycles. The molecule has 88 valence electrons. The summed E-state index contributed by atoms with van der Waals surface area (Å²) in [6, 6.07) is 4.40. The van der Waals surface area contributed by atoms with Crippen LogP contribution < -0.4 is 21.5 Å². The van der Waals surface area contributed by atoms with E-state index < -0.39 is 11.9 Å². The largest absolute Gasteiger partial charge is 0.497 e. The lowest BCUT2D eigenvalue weighted by Crippen LogP contribution is -2.41. The molecule has 0 aliphatic rings. The van der Waals surface area contributed by atoms with E-state index in [2.05, 4.69) is 5.32 Å². The molecule has 0 aliphatic heterocycles. The SMILES string of the molecule is COc1ccc(Cl)c(NCC(N)C(N)=O)c1. The maximum atomic E-state index is 10.7. The number of hydrogen-bond donors (Lipinski definition) is 3. The lowest BCUT2D eigenvalue weighted by molar-refractivity contribution is -0.118. The highest BCUT2D eigenvalue weighted by atomic mass is 35.5. The number of primary amides is 1. The number of amides is 1. The Kier molecular flexibility index (Phi) is 4.39. The zero-order chi connectivity index (χ0) is 12.1. The topological polar surface area (TPSA) is 90.4 Å². The van der Waals surface area contributed by atoms with E-state index in [-0.39, 0.29) is 6.54 Å². The fraction of sp³-hybridized carbons (Fsp3) is 0.300. The number of nitrogens with two attached hydrogens (primary N) is 2. The normalized spacial score (nSPS) is 11.9. The van der Waals surface area contributed by atoms with Gasteiger partial charge in [0.15, 0.2) is 0 Å². The van der Waals surface area contributed by atoms with Gasteiger partial charge in [0, 0.05) is 12.6 Å². The van der Waals surface area contributed by atoms with Crippen molar-refractivity contribution in [1.29, 1.82) is 0 Å². The molecular weight excluding hydrogens is 230 g/mol. The van der Waals surface area contributed by atoms with Gasteiger partial charge in [-0.25, -0.2) is 0 Å². The van der Waals surface area contributed by atoms with Gasteiger partial charge in [-0.3, -0.25) is 4.79 Å². The minimum atomic E-state index is -0.748. The van der Waals surface area contributed by atoms with Crippen molar-refractivity contribution in [2.45, 2.75) is 6.04 Å². The molecule has 1 aromatic rings. The van der Waals surface area contributed by atoms with Gasteiger partial charge in [0.1, 0.15) is 11.8 Å². The number of hydrogen-bond acceptors (Lipinski definition) is 4. The predicted molar refractivity (Wildman–Crippen MR) is 63.7 cm³/mol. The van der Waals surface area contributed by atoms with Crippen LogP contribution in [0.1, 0.15) is 0 Å². The maximum absolute atomic E-state index is 10.7. The van der Waals surface area contributed by atoms with Gasteiger partial charge in [-0.2, -0.15) is 0 Å². The molecule has 0 bridgehead atoms. The molecule has 1 rings (SSSR count). The number of carbonyl (C=O) groups is 1. The van der Waals surface area contributed by atoms with E-state index >= 15 is 0 Å². The van der Waals surface area contributed by atoms with E-state index in [4.69, 9.17) is 27.8 Å². The van der Waals surface area contributed by atoms with E-state index in [0.717, 1.165) is 0 Å². The first-order valence-corrected chi connectivity index (χ1v) is 5.04. The van der Waals surface area contributed by atoms with Gasteiger partial charge >= 0.3 is 0 Å². The monoisotopic (exact) mass is 243 g/mol. The van der Waals surface area contributed by atoms with Crippen molar-refractivity contribution in [3.8, 4) is 5.75 Å². The van der Waals surface area contributed by atoms with E-state index in [1.54, 1.807) is 25.3 Å². The van der Waals surface area contributed by atoms with Crippen molar-refractivity contribution in [2.24, 2.45) is 11.5 Å². The lowest BCUT2D eigenvalue weighted by Gasteiger charge is -2.12. The zero-order valence-corrected chi connectivity index (χ0v) is 9.62. The number of carbonyl (C=O) groups excluding carboxylic acids is 1. The summed E-state index contributed by atoms with van der Waals surface area (Å²) in [4.78, 5) is 10.7. The molecule has 1 unspecified atom stereocenters.